The number of aromatic hydroxyl groups is 1. The zero-order valence-electron chi connectivity index (χ0n) is 17.8. The Morgan fingerprint density at radius 1 is 0.800 bits per heavy atom. The number of rotatable bonds is 14. The van der Waals surface area contributed by atoms with E-state index in [4.69, 9.17) is 4.74 Å². The van der Waals surface area contributed by atoms with Gasteiger partial charge >= 0.3 is 0 Å². The minimum Gasteiger partial charge on any atom is -0.504 e. The zero-order valence-corrected chi connectivity index (χ0v) is 18.7. The molecule has 0 aliphatic heterocycles. The Bertz CT molecular complexity index is 863. The van der Waals surface area contributed by atoms with Crippen molar-refractivity contribution in [1.29, 1.82) is 0 Å². The molecule has 2 aromatic rings. The first-order valence-corrected chi connectivity index (χ1v) is 12.4. The summed E-state index contributed by atoms with van der Waals surface area (Å²) < 4.78 is 38.6. The maximum absolute atomic E-state index is 11.7. The van der Waals surface area contributed by atoms with Gasteiger partial charge in [0, 0.05) is 0 Å². The molecule has 0 aromatic heterocycles. The molecule has 0 saturated carbocycles. The van der Waals surface area contributed by atoms with Gasteiger partial charge in [-0.05, 0) is 36.6 Å². The summed E-state index contributed by atoms with van der Waals surface area (Å²) in [5.74, 6) is -0.0769. The summed E-state index contributed by atoms with van der Waals surface area (Å²) in [6.07, 6.45) is 12.8. The molecular formula is C24H34O5S. The van der Waals surface area contributed by atoms with E-state index >= 15 is 0 Å². The highest BCUT2D eigenvalue weighted by Gasteiger charge is 2.23. The van der Waals surface area contributed by atoms with Crippen LogP contribution in [0.3, 0.4) is 0 Å². The van der Waals surface area contributed by atoms with Gasteiger partial charge in [0.25, 0.3) is 10.1 Å². The number of hydrogen-bond acceptors (Lipinski definition) is 4. The average molecular weight is 435 g/mol. The lowest BCUT2D eigenvalue weighted by Gasteiger charge is -2.14. The Labute approximate surface area is 180 Å². The number of unbranched alkanes of at least 4 members (excludes halogenated alkanes) is 9. The topological polar surface area (TPSA) is 83.8 Å². The Morgan fingerprint density at radius 3 is 1.93 bits per heavy atom. The van der Waals surface area contributed by atoms with Crippen LogP contribution in [0.15, 0.2) is 47.4 Å². The molecule has 2 aromatic carbocycles. The Balaban J connectivity index is 1.91. The van der Waals surface area contributed by atoms with Gasteiger partial charge in [-0.3, -0.25) is 4.55 Å². The summed E-state index contributed by atoms with van der Waals surface area (Å²) in [7, 11) is -4.52. The molecule has 5 nitrogen and oxygen atoms in total. The van der Waals surface area contributed by atoms with E-state index in [1.807, 2.05) is 0 Å². The number of phenols is 1. The first kappa shape index (κ1) is 24.2. The van der Waals surface area contributed by atoms with E-state index in [1.165, 1.54) is 51.0 Å². The normalized spacial score (nSPS) is 11.5. The van der Waals surface area contributed by atoms with Crippen molar-refractivity contribution in [2.75, 3.05) is 0 Å². The molecule has 0 fully saturated rings. The minimum atomic E-state index is -4.52. The SMILES string of the molecule is CCCCCCCCCCCCc1ccc(S(=O)(=O)O)c(Oc2ccccc2)c1O. The van der Waals surface area contributed by atoms with Crippen molar-refractivity contribution in [3.63, 3.8) is 0 Å². The van der Waals surface area contributed by atoms with E-state index in [1.54, 1.807) is 36.4 Å². The molecule has 0 spiro atoms. The molecule has 0 saturated heterocycles. The van der Waals surface area contributed by atoms with Crippen LogP contribution in [0.2, 0.25) is 0 Å². The van der Waals surface area contributed by atoms with Crippen LogP contribution in [0.4, 0.5) is 0 Å². The third kappa shape index (κ3) is 8.00. The summed E-state index contributed by atoms with van der Waals surface area (Å²) in [5.41, 5.74) is 0.618. The summed E-state index contributed by atoms with van der Waals surface area (Å²) in [4.78, 5) is -0.435. The summed E-state index contributed by atoms with van der Waals surface area (Å²) >= 11 is 0. The van der Waals surface area contributed by atoms with E-state index in [-0.39, 0.29) is 11.5 Å². The minimum absolute atomic E-state index is 0.228. The maximum Gasteiger partial charge on any atom is 0.298 e. The van der Waals surface area contributed by atoms with Gasteiger partial charge in [0.15, 0.2) is 11.5 Å². The lowest BCUT2D eigenvalue weighted by Crippen LogP contribution is -2.03. The van der Waals surface area contributed by atoms with Crippen LogP contribution < -0.4 is 4.74 Å². The number of hydrogen-bond donors (Lipinski definition) is 2. The second-order valence-corrected chi connectivity index (χ2v) is 9.11. The van der Waals surface area contributed by atoms with Crippen molar-refractivity contribution in [2.45, 2.75) is 82.4 Å². The van der Waals surface area contributed by atoms with Gasteiger partial charge in [-0.25, -0.2) is 0 Å². The smallest absolute Gasteiger partial charge is 0.298 e. The lowest BCUT2D eigenvalue weighted by molar-refractivity contribution is 0.392. The van der Waals surface area contributed by atoms with Crippen molar-refractivity contribution in [1.82, 2.24) is 0 Å². The van der Waals surface area contributed by atoms with Crippen molar-refractivity contribution in [2.24, 2.45) is 0 Å². The summed E-state index contributed by atoms with van der Waals surface area (Å²) in [6.45, 7) is 2.23. The number of para-hydroxylation sites is 1. The summed E-state index contributed by atoms with van der Waals surface area (Å²) in [5, 5.41) is 10.6. The predicted octanol–water partition coefficient (Wildman–Crippen LogP) is 6.89. The van der Waals surface area contributed by atoms with Gasteiger partial charge in [0.2, 0.25) is 0 Å². The maximum atomic E-state index is 11.7. The van der Waals surface area contributed by atoms with Gasteiger partial charge in [0.1, 0.15) is 10.6 Å². The Kier molecular flexibility index (Phi) is 10.2. The molecule has 2 N–H and O–H groups in total. The van der Waals surface area contributed by atoms with Crippen molar-refractivity contribution < 1.29 is 22.8 Å². The van der Waals surface area contributed by atoms with Crippen LogP contribution in [-0.4, -0.2) is 18.1 Å². The van der Waals surface area contributed by atoms with E-state index in [0.29, 0.717) is 17.7 Å². The number of aryl methyl sites for hydroxylation is 1. The first-order valence-electron chi connectivity index (χ1n) is 11.0. The molecule has 0 aliphatic rings. The molecule has 0 atom stereocenters. The fraction of sp³-hybridized carbons (Fsp3) is 0.500. The predicted molar refractivity (Wildman–Crippen MR) is 120 cm³/mol. The molecule has 0 heterocycles. The van der Waals surface area contributed by atoms with Crippen molar-refractivity contribution in [3.05, 3.63) is 48.0 Å². The molecule has 0 bridgehead atoms. The molecule has 0 unspecified atom stereocenters. The van der Waals surface area contributed by atoms with Gasteiger partial charge in [0.05, 0.1) is 0 Å². The van der Waals surface area contributed by atoms with Gasteiger partial charge in [-0.15, -0.1) is 0 Å². The molecule has 0 aliphatic carbocycles. The van der Waals surface area contributed by atoms with Crippen LogP contribution in [0, 0.1) is 0 Å². The van der Waals surface area contributed by atoms with E-state index in [0.717, 1.165) is 19.3 Å². The number of phenolic OH excluding ortho intramolecular Hbond substituents is 1. The monoisotopic (exact) mass is 434 g/mol. The largest absolute Gasteiger partial charge is 0.504 e. The molecule has 166 valence electrons. The molecule has 6 heteroatoms. The summed E-state index contributed by atoms with van der Waals surface area (Å²) in [6, 6.07) is 11.4. The Morgan fingerprint density at radius 2 is 1.37 bits per heavy atom. The quantitative estimate of drug-likeness (QED) is 0.250. The lowest BCUT2D eigenvalue weighted by atomic mass is 10.0. The van der Waals surface area contributed by atoms with Crippen LogP contribution in [0.25, 0.3) is 0 Å². The van der Waals surface area contributed by atoms with Crippen LogP contribution in [0.5, 0.6) is 17.2 Å². The van der Waals surface area contributed by atoms with Gasteiger partial charge in [-0.2, -0.15) is 8.42 Å². The Hall–Kier alpha value is -2.05. The molecular weight excluding hydrogens is 400 g/mol. The highest BCUT2D eigenvalue weighted by Crippen LogP contribution is 2.40. The van der Waals surface area contributed by atoms with Gasteiger partial charge in [-0.1, -0.05) is 89.0 Å². The molecule has 0 amide bonds. The second-order valence-electron chi connectivity index (χ2n) is 7.72. The van der Waals surface area contributed by atoms with E-state index < -0.39 is 15.0 Å². The first-order chi connectivity index (χ1) is 14.4. The molecule has 2 rings (SSSR count). The second kappa shape index (κ2) is 12.6. The highest BCUT2D eigenvalue weighted by molar-refractivity contribution is 7.86. The average Bonchev–Trinajstić information content (AvgIpc) is 2.71. The highest BCUT2D eigenvalue weighted by atomic mass is 32.2. The third-order valence-electron chi connectivity index (χ3n) is 5.22. The van der Waals surface area contributed by atoms with Crippen LogP contribution >= 0.6 is 0 Å². The van der Waals surface area contributed by atoms with E-state index in [2.05, 4.69) is 6.92 Å². The number of ether oxygens (including phenoxy) is 1. The fourth-order valence-electron chi connectivity index (χ4n) is 3.51. The van der Waals surface area contributed by atoms with Crippen LogP contribution in [-0.2, 0) is 16.5 Å². The number of benzene rings is 2. The van der Waals surface area contributed by atoms with Crippen molar-refractivity contribution in [3.8, 4) is 17.2 Å². The third-order valence-corrected chi connectivity index (χ3v) is 6.10. The van der Waals surface area contributed by atoms with E-state index in [9.17, 15) is 18.1 Å². The fourth-order valence-corrected chi connectivity index (χ4v) is 4.12. The molecule has 0 radical (unpaired) electrons. The standard InChI is InChI=1S/C24H34O5S/c1-2-3-4-5-6-7-8-9-10-12-15-20-18-19-22(30(26,27)28)24(23(20)25)29-21-16-13-11-14-17-21/h11,13-14,16-19,25H,2-10,12,15H2,1H3,(H,26,27,28). The van der Waals surface area contributed by atoms with Crippen molar-refractivity contribution >= 4 is 10.1 Å². The molecule has 30 heavy (non-hydrogen) atoms. The van der Waals surface area contributed by atoms with Crippen LogP contribution in [0.1, 0.15) is 76.7 Å². The van der Waals surface area contributed by atoms with Gasteiger partial charge < -0.3 is 9.84 Å². The zero-order chi connectivity index (χ0) is 21.8.